The van der Waals surface area contributed by atoms with Crippen LogP contribution in [0.5, 0.6) is 0 Å². The van der Waals surface area contributed by atoms with Crippen LogP contribution in [0.2, 0.25) is 0 Å². The lowest BCUT2D eigenvalue weighted by atomic mass is 9.86. The van der Waals surface area contributed by atoms with Crippen molar-refractivity contribution >= 4 is 5.91 Å². The summed E-state index contributed by atoms with van der Waals surface area (Å²) in [4.78, 5) is 12.0. The number of ether oxygens (including phenoxy) is 1. The molecule has 1 unspecified atom stereocenters. The number of carbonyl (C=O) groups is 1. The second kappa shape index (κ2) is 8.48. The molecule has 1 saturated carbocycles. The Hall–Kier alpha value is -0.610. The molecule has 1 aliphatic rings. The molecular formula is C14H27NO3. The molecule has 0 saturated heterocycles. The Balaban J connectivity index is 2.19. The second-order valence-electron chi connectivity index (χ2n) is 5.44. The quantitative estimate of drug-likeness (QED) is 0.683. The molecule has 0 bridgehead atoms. The zero-order valence-electron chi connectivity index (χ0n) is 11.7. The van der Waals surface area contributed by atoms with Crippen molar-refractivity contribution < 1.29 is 14.6 Å². The van der Waals surface area contributed by atoms with E-state index < -0.39 is 0 Å². The number of hydrogen-bond donors (Lipinski definition) is 2. The van der Waals surface area contributed by atoms with Crippen molar-refractivity contribution in [2.75, 3.05) is 20.3 Å². The number of carbonyl (C=O) groups excluding carboxylic acids is 1. The minimum absolute atomic E-state index is 0.0655. The summed E-state index contributed by atoms with van der Waals surface area (Å²) in [5, 5.41) is 12.2. The molecule has 0 radical (unpaired) electrons. The number of amides is 1. The molecule has 0 spiro atoms. The van der Waals surface area contributed by atoms with Gasteiger partial charge in [-0.3, -0.25) is 4.79 Å². The van der Waals surface area contributed by atoms with Gasteiger partial charge in [-0.2, -0.15) is 0 Å². The van der Waals surface area contributed by atoms with E-state index in [0.717, 1.165) is 45.1 Å². The van der Waals surface area contributed by atoms with Crippen LogP contribution in [-0.2, 0) is 9.53 Å². The standard InChI is InChI=1S/C14H27NO3/c1-11(4-3-9-18-2)14(17)15-13-7-5-12(10-16)6-8-13/h11-13,16H,3-10H2,1-2H3,(H,15,17). The predicted molar refractivity (Wildman–Crippen MR) is 71.2 cm³/mol. The molecule has 106 valence electrons. The minimum Gasteiger partial charge on any atom is -0.396 e. The number of methoxy groups -OCH3 is 1. The van der Waals surface area contributed by atoms with Crippen LogP contribution in [0, 0.1) is 11.8 Å². The summed E-state index contributed by atoms with van der Waals surface area (Å²) >= 11 is 0. The third-order valence-electron chi connectivity index (χ3n) is 3.88. The number of rotatable bonds is 7. The van der Waals surface area contributed by atoms with E-state index >= 15 is 0 Å². The van der Waals surface area contributed by atoms with E-state index in [4.69, 9.17) is 9.84 Å². The van der Waals surface area contributed by atoms with Gasteiger partial charge in [0.05, 0.1) is 0 Å². The minimum atomic E-state index is 0.0655. The number of hydrogen-bond acceptors (Lipinski definition) is 3. The maximum atomic E-state index is 12.0. The Morgan fingerprint density at radius 3 is 2.61 bits per heavy atom. The average molecular weight is 257 g/mol. The van der Waals surface area contributed by atoms with Gasteiger partial charge < -0.3 is 15.2 Å². The van der Waals surface area contributed by atoms with E-state index in [9.17, 15) is 4.79 Å². The smallest absolute Gasteiger partial charge is 0.223 e. The molecule has 1 amide bonds. The summed E-state index contributed by atoms with van der Waals surface area (Å²) in [6.07, 6.45) is 5.87. The lowest BCUT2D eigenvalue weighted by molar-refractivity contribution is -0.125. The van der Waals surface area contributed by atoms with E-state index in [0.29, 0.717) is 12.0 Å². The fraction of sp³-hybridized carbons (Fsp3) is 0.929. The van der Waals surface area contributed by atoms with Gasteiger partial charge in [0, 0.05) is 32.3 Å². The third kappa shape index (κ3) is 5.36. The monoisotopic (exact) mass is 257 g/mol. The maximum absolute atomic E-state index is 12.0. The summed E-state index contributed by atoms with van der Waals surface area (Å²) in [5.41, 5.74) is 0. The molecule has 0 aromatic carbocycles. The average Bonchev–Trinajstić information content (AvgIpc) is 2.39. The third-order valence-corrected chi connectivity index (χ3v) is 3.88. The lowest BCUT2D eigenvalue weighted by Crippen LogP contribution is -2.40. The summed E-state index contributed by atoms with van der Waals surface area (Å²) in [5.74, 6) is 0.673. The maximum Gasteiger partial charge on any atom is 0.223 e. The van der Waals surface area contributed by atoms with E-state index in [1.54, 1.807) is 7.11 Å². The zero-order chi connectivity index (χ0) is 13.4. The van der Waals surface area contributed by atoms with Crippen molar-refractivity contribution in [3.05, 3.63) is 0 Å². The van der Waals surface area contributed by atoms with Crippen LogP contribution >= 0.6 is 0 Å². The Morgan fingerprint density at radius 1 is 1.39 bits per heavy atom. The van der Waals surface area contributed by atoms with Crippen molar-refractivity contribution in [2.24, 2.45) is 11.8 Å². The van der Waals surface area contributed by atoms with Gasteiger partial charge >= 0.3 is 0 Å². The SMILES string of the molecule is COCCCC(C)C(=O)NC1CCC(CO)CC1. The van der Waals surface area contributed by atoms with Crippen molar-refractivity contribution in [2.45, 2.75) is 51.5 Å². The highest BCUT2D eigenvalue weighted by atomic mass is 16.5. The summed E-state index contributed by atoms with van der Waals surface area (Å²) in [6, 6.07) is 0.310. The van der Waals surface area contributed by atoms with Crippen LogP contribution in [0.1, 0.15) is 45.4 Å². The van der Waals surface area contributed by atoms with E-state index in [1.165, 1.54) is 0 Å². The molecule has 1 fully saturated rings. The largest absolute Gasteiger partial charge is 0.396 e. The molecule has 1 aliphatic carbocycles. The zero-order valence-corrected chi connectivity index (χ0v) is 11.7. The van der Waals surface area contributed by atoms with Gasteiger partial charge in [0.25, 0.3) is 0 Å². The molecule has 4 heteroatoms. The van der Waals surface area contributed by atoms with Crippen LogP contribution < -0.4 is 5.32 Å². The fourth-order valence-electron chi connectivity index (χ4n) is 2.50. The highest BCUT2D eigenvalue weighted by molar-refractivity contribution is 5.78. The fourth-order valence-corrected chi connectivity index (χ4v) is 2.50. The van der Waals surface area contributed by atoms with E-state index in [-0.39, 0.29) is 18.4 Å². The van der Waals surface area contributed by atoms with Crippen LogP contribution in [0.25, 0.3) is 0 Å². The van der Waals surface area contributed by atoms with Gasteiger partial charge in [-0.1, -0.05) is 6.92 Å². The lowest BCUT2D eigenvalue weighted by Gasteiger charge is -2.28. The first kappa shape index (κ1) is 15.4. The number of aliphatic hydroxyl groups excluding tert-OH is 1. The Bertz CT molecular complexity index is 237. The van der Waals surface area contributed by atoms with Gasteiger partial charge in [-0.15, -0.1) is 0 Å². The van der Waals surface area contributed by atoms with E-state index in [2.05, 4.69) is 5.32 Å². The van der Waals surface area contributed by atoms with Crippen LogP contribution in [0.3, 0.4) is 0 Å². The Kier molecular flexibility index (Phi) is 7.28. The highest BCUT2D eigenvalue weighted by Crippen LogP contribution is 2.24. The normalized spacial score (nSPS) is 25.7. The summed E-state index contributed by atoms with van der Waals surface area (Å²) in [6.45, 7) is 2.98. The first-order chi connectivity index (χ1) is 8.67. The molecule has 18 heavy (non-hydrogen) atoms. The molecule has 4 nitrogen and oxygen atoms in total. The first-order valence-electron chi connectivity index (χ1n) is 7.07. The highest BCUT2D eigenvalue weighted by Gasteiger charge is 2.23. The predicted octanol–water partition coefficient (Wildman–Crippen LogP) is 1.72. The van der Waals surface area contributed by atoms with Gasteiger partial charge in [-0.05, 0) is 44.4 Å². The first-order valence-corrected chi connectivity index (χ1v) is 7.07. The van der Waals surface area contributed by atoms with Crippen molar-refractivity contribution in [1.82, 2.24) is 5.32 Å². The van der Waals surface area contributed by atoms with Gasteiger partial charge in [0.15, 0.2) is 0 Å². The number of aliphatic hydroxyl groups is 1. The summed E-state index contributed by atoms with van der Waals surface area (Å²) in [7, 11) is 1.68. The van der Waals surface area contributed by atoms with Crippen molar-refractivity contribution in [3.8, 4) is 0 Å². The van der Waals surface area contributed by atoms with E-state index in [1.807, 2.05) is 6.92 Å². The van der Waals surface area contributed by atoms with Crippen LogP contribution in [-0.4, -0.2) is 37.4 Å². The molecule has 1 rings (SSSR count). The Morgan fingerprint density at radius 2 is 2.06 bits per heavy atom. The molecular weight excluding hydrogens is 230 g/mol. The molecule has 1 atom stereocenters. The second-order valence-corrected chi connectivity index (χ2v) is 5.44. The molecule has 0 aliphatic heterocycles. The van der Waals surface area contributed by atoms with Crippen molar-refractivity contribution in [3.63, 3.8) is 0 Å². The topological polar surface area (TPSA) is 58.6 Å². The van der Waals surface area contributed by atoms with Crippen LogP contribution in [0.4, 0.5) is 0 Å². The van der Waals surface area contributed by atoms with Gasteiger partial charge in [0.2, 0.25) is 5.91 Å². The number of nitrogens with one attached hydrogen (secondary N) is 1. The van der Waals surface area contributed by atoms with Gasteiger partial charge in [0.1, 0.15) is 0 Å². The molecule has 0 aromatic rings. The van der Waals surface area contributed by atoms with Crippen LogP contribution in [0.15, 0.2) is 0 Å². The molecule has 0 aromatic heterocycles. The Labute approximate surface area is 110 Å². The molecule has 0 heterocycles. The van der Waals surface area contributed by atoms with Gasteiger partial charge in [-0.25, -0.2) is 0 Å². The van der Waals surface area contributed by atoms with Crippen molar-refractivity contribution in [1.29, 1.82) is 0 Å². The molecule has 2 N–H and O–H groups in total. The summed E-state index contributed by atoms with van der Waals surface area (Å²) < 4.78 is 4.99.